The number of hydrogen-bond donors (Lipinski definition) is 1. The Labute approximate surface area is 97.9 Å². The van der Waals surface area contributed by atoms with Gasteiger partial charge in [-0.3, -0.25) is 0 Å². The molecule has 0 aliphatic heterocycles. The molecular formula is C14H20O2. The zero-order valence-electron chi connectivity index (χ0n) is 9.86. The molecule has 0 amide bonds. The monoisotopic (exact) mass is 220 g/mol. The highest BCUT2D eigenvalue weighted by Gasteiger charge is 1.94. The summed E-state index contributed by atoms with van der Waals surface area (Å²) in [6.45, 7) is 7.20. The van der Waals surface area contributed by atoms with Crippen molar-refractivity contribution in [2.75, 3.05) is 7.11 Å². The van der Waals surface area contributed by atoms with Gasteiger partial charge in [0.15, 0.2) is 11.5 Å². The second-order valence-corrected chi connectivity index (χ2v) is 3.18. The standard InChI is InChI=1S/C7H8O2.C7H12/c1-9-7-5-3-2-4-6(7)8;1-3-5-7-6-4-2/h2-5,8H,1H3;3-4H,1-2,5-7H2. The first-order chi connectivity index (χ1) is 7.76. The quantitative estimate of drug-likeness (QED) is 0.601. The SMILES string of the molecule is C=CCCCC=C.COc1ccccc1O. The van der Waals surface area contributed by atoms with Gasteiger partial charge in [0, 0.05) is 0 Å². The highest BCUT2D eigenvalue weighted by atomic mass is 16.5. The van der Waals surface area contributed by atoms with Crippen LogP contribution in [0.5, 0.6) is 11.5 Å². The van der Waals surface area contributed by atoms with Gasteiger partial charge in [-0.1, -0.05) is 24.3 Å². The average molecular weight is 220 g/mol. The Morgan fingerprint density at radius 2 is 1.75 bits per heavy atom. The number of phenols is 1. The van der Waals surface area contributed by atoms with Crippen molar-refractivity contribution in [2.45, 2.75) is 19.3 Å². The molecule has 1 N–H and O–H groups in total. The van der Waals surface area contributed by atoms with E-state index >= 15 is 0 Å². The Morgan fingerprint density at radius 1 is 1.19 bits per heavy atom. The maximum atomic E-state index is 8.99. The lowest BCUT2D eigenvalue weighted by atomic mass is 10.2. The molecule has 0 aromatic heterocycles. The van der Waals surface area contributed by atoms with E-state index in [2.05, 4.69) is 13.2 Å². The molecule has 0 aliphatic carbocycles. The van der Waals surface area contributed by atoms with E-state index < -0.39 is 0 Å². The molecule has 2 nitrogen and oxygen atoms in total. The van der Waals surface area contributed by atoms with E-state index in [1.807, 2.05) is 12.2 Å². The zero-order chi connectivity index (χ0) is 12.2. The normalized spacial score (nSPS) is 8.56. The van der Waals surface area contributed by atoms with Crippen LogP contribution >= 0.6 is 0 Å². The van der Waals surface area contributed by atoms with Crippen LogP contribution in [0.4, 0.5) is 0 Å². The first-order valence-corrected chi connectivity index (χ1v) is 5.30. The van der Waals surface area contributed by atoms with Crippen molar-refractivity contribution in [3.63, 3.8) is 0 Å². The Balaban J connectivity index is 0.000000293. The van der Waals surface area contributed by atoms with E-state index in [1.165, 1.54) is 13.5 Å². The fourth-order valence-electron chi connectivity index (χ4n) is 1.04. The summed E-state index contributed by atoms with van der Waals surface area (Å²) in [7, 11) is 1.52. The van der Waals surface area contributed by atoms with Gasteiger partial charge in [-0.2, -0.15) is 0 Å². The van der Waals surface area contributed by atoms with Gasteiger partial charge < -0.3 is 9.84 Å². The summed E-state index contributed by atoms with van der Waals surface area (Å²) in [4.78, 5) is 0. The third-order valence-corrected chi connectivity index (χ3v) is 1.90. The van der Waals surface area contributed by atoms with Crippen molar-refractivity contribution < 1.29 is 9.84 Å². The molecule has 88 valence electrons. The van der Waals surface area contributed by atoms with Gasteiger partial charge in [-0.05, 0) is 31.4 Å². The Bertz CT molecular complexity index is 297. The fourth-order valence-corrected chi connectivity index (χ4v) is 1.04. The topological polar surface area (TPSA) is 29.5 Å². The summed E-state index contributed by atoms with van der Waals surface area (Å²) in [5.74, 6) is 0.692. The second-order valence-electron chi connectivity index (χ2n) is 3.18. The van der Waals surface area contributed by atoms with Crippen molar-refractivity contribution in [2.24, 2.45) is 0 Å². The van der Waals surface area contributed by atoms with Crippen molar-refractivity contribution >= 4 is 0 Å². The van der Waals surface area contributed by atoms with E-state index in [0.717, 1.165) is 12.8 Å². The van der Waals surface area contributed by atoms with Crippen molar-refractivity contribution in [1.29, 1.82) is 0 Å². The number of para-hydroxylation sites is 2. The summed E-state index contributed by atoms with van der Waals surface area (Å²) >= 11 is 0. The van der Waals surface area contributed by atoms with Crippen LogP contribution in [-0.2, 0) is 0 Å². The van der Waals surface area contributed by atoms with Gasteiger partial charge in [0.05, 0.1) is 7.11 Å². The molecule has 1 aromatic carbocycles. The van der Waals surface area contributed by atoms with Crippen LogP contribution in [0.3, 0.4) is 0 Å². The highest BCUT2D eigenvalue weighted by Crippen LogP contribution is 2.22. The summed E-state index contributed by atoms with van der Waals surface area (Å²) in [6, 6.07) is 6.84. The van der Waals surface area contributed by atoms with Crippen LogP contribution in [0.1, 0.15) is 19.3 Å². The molecule has 0 saturated carbocycles. The molecule has 0 bridgehead atoms. The van der Waals surface area contributed by atoms with E-state index in [4.69, 9.17) is 9.84 Å². The van der Waals surface area contributed by atoms with Gasteiger partial charge in [0.25, 0.3) is 0 Å². The van der Waals surface area contributed by atoms with Crippen LogP contribution in [0.2, 0.25) is 0 Å². The maximum Gasteiger partial charge on any atom is 0.160 e. The summed E-state index contributed by atoms with van der Waals surface area (Å²) in [6.07, 6.45) is 7.30. The van der Waals surface area contributed by atoms with Gasteiger partial charge >= 0.3 is 0 Å². The minimum absolute atomic E-state index is 0.181. The van der Waals surface area contributed by atoms with E-state index in [9.17, 15) is 0 Å². The molecule has 0 saturated heterocycles. The minimum Gasteiger partial charge on any atom is -0.504 e. The predicted molar refractivity (Wildman–Crippen MR) is 68.9 cm³/mol. The van der Waals surface area contributed by atoms with Crippen molar-refractivity contribution in [1.82, 2.24) is 0 Å². The van der Waals surface area contributed by atoms with E-state index in [-0.39, 0.29) is 5.75 Å². The molecule has 0 radical (unpaired) electrons. The smallest absolute Gasteiger partial charge is 0.160 e. The van der Waals surface area contributed by atoms with Gasteiger partial charge in [0.1, 0.15) is 0 Å². The van der Waals surface area contributed by atoms with Crippen LogP contribution < -0.4 is 4.74 Å². The number of phenolic OH excluding ortho intramolecular Hbond substituents is 1. The number of ether oxygens (including phenoxy) is 1. The van der Waals surface area contributed by atoms with E-state index in [0.29, 0.717) is 5.75 Å². The third kappa shape index (κ3) is 6.71. The molecule has 1 aromatic rings. The molecule has 1 rings (SSSR count). The lowest BCUT2D eigenvalue weighted by Gasteiger charge is -1.99. The van der Waals surface area contributed by atoms with Crippen LogP contribution in [0.25, 0.3) is 0 Å². The van der Waals surface area contributed by atoms with Crippen LogP contribution in [0.15, 0.2) is 49.6 Å². The molecule has 0 spiro atoms. The van der Waals surface area contributed by atoms with Crippen LogP contribution in [0, 0.1) is 0 Å². The fraction of sp³-hybridized carbons (Fsp3) is 0.286. The largest absolute Gasteiger partial charge is 0.504 e. The minimum atomic E-state index is 0.181. The van der Waals surface area contributed by atoms with Crippen molar-refractivity contribution in [3.05, 3.63) is 49.6 Å². The number of unbranched alkanes of at least 4 members (excludes halogenated alkanes) is 2. The Kier molecular flexibility index (Phi) is 8.79. The molecule has 16 heavy (non-hydrogen) atoms. The molecule has 0 aliphatic rings. The molecule has 0 fully saturated rings. The third-order valence-electron chi connectivity index (χ3n) is 1.90. The number of aromatic hydroxyl groups is 1. The zero-order valence-corrected chi connectivity index (χ0v) is 9.86. The van der Waals surface area contributed by atoms with Crippen molar-refractivity contribution in [3.8, 4) is 11.5 Å². The average Bonchev–Trinajstić information content (AvgIpc) is 2.31. The Hall–Kier alpha value is -1.70. The molecule has 0 heterocycles. The molecule has 0 unspecified atom stereocenters. The van der Waals surface area contributed by atoms with Gasteiger partial charge in [-0.15, -0.1) is 13.2 Å². The lowest BCUT2D eigenvalue weighted by molar-refractivity contribution is 0.373. The number of allylic oxidation sites excluding steroid dienone is 2. The van der Waals surface area contributed by atoms with Crippen LogP contribution in [-0.4, -0.2) is 12.2 Å². The second kappa shape index (κ2) is 9.84. The maximum absolute atomic E-state index is 8.99. The predicted octanol–water partition coefficient (Wildman–Crippen LogP) is 3.93. The van der Waals surface area contributed by atoms with E-state index in [1.54, 1.807) is 24.3 Å². The molecule has 2 heteroatoms. The molecular weight excluding hydrogens is 200 g/mol. The summed E-state index contributed by atoms with van der Waals surface area (Å²) in [5.41, 5.74) is 0. The summed E-state index contributed by atoms with van der Waals surface area (Å²) in [5, 5.41) is 8.99. The Morgan fingerprint density at radius 3 is 2.12 bits per heavy atom. The summed E-state index contributed by atoms with van der Waals surface area (Å²) < 4.78 is 4.79. The number of rotatable bonds is 5. The number of methoxy groups -OCH3 is 1. The first-order valence-electron chi connectivity index (χ1n) is 5.30. The first kappa shape index (κ1) is 14.3. The highest BCUT2D eigenvalue weighted by molar-refractivity contribution is 5.37. The van der Waals surface area contributed by atoms with Gasteiger partial charge in [-0.25, -0.2) is 0 Å². The number of hydrogen-bond acceptors (Lipinski definition) is 2. The molecule has 0 atom stereocenters. The van der Waals surface area contributed by atoms with Gasteiger partial charge in [0.2, 0.25) is 0 Å². The number of benzene rings is 1. The lowest BCUT2D eigenvalue weighted by Crippen LogP contribution is -1.80.